The van der Waals surface area contributed by atoms with Gasteiger partial charge in [-0.25, -0.2) is 0 Å². The second kappa shape index (κ2) is 15.6. The first-order valence-corrected chi connectivity index (χ1v) is 8.33. The van der Waals surface area contributed by atoms with Gasteiger partial charge in [0.15, 0.2) is 0 Å². The Balaban J connectivity index is 0. The van der Waals surface area contributed by atoms with Crippen LogP contribution in [0.25, 0.3) is 0 Å². The molecule has 0 aliphatic heterocycles. The molecule has 0 aromatic heterocycles. The standard InChI is InChI=1S/C4H6O3.2C4H9O.O.Ti/c1-3(5)7-4(2)6;2*1-2-3-4-5;;/h1-2H3;2*2-4H2,1H3;;/q;2*-1;;+2. The molecule has 19 heavy (non-hydrogen) atoms. The summed E-state index contributed by atoms with van der Waals surface area (Å²) >= 11 is -2.76. The molecule has 0 spiro atoms. The molecule has 0 bridgehead atoms. The van der Waals surface area contributed by atoms with Crippen molar-refractivity contribution < 1.29 is 42.9 Å². The van der Waals surface area contributed by atoms with E-state index in [9.17, 15) is 12.9 Å². The van der Waals surface area contributed by atoms with Gasteiger partial charge >= 0.3 is 93.3 Å². The Bertz CT molecular complexity index is 243. The van der Waals surface area contributed by atoms with Gasteiger partial charge in [0.25, 0.3) is 0 Å². The second-order valence-electron chi connectivity index (χ2n) is 3.74. The van der Waals surface area contributed by atoms with Crippen LogP contribution in [0.15, 0.2) is 0 Å². The van der Waals surface area contributed by atoms with E-state index in [1.165, 1.54) is 13.8 Å². The fraction of sp³-hybridized carbons (Fsp3) is 0.833. The Morgan fingerprint density at radius 1 is 0.895 bits per heavy atom. The molecule has 0 amide bonds. The molecular formula is C12H24O6Ti. The predicted molar refractivity (Wildman–Crippen MR) is 64.9 cm³/mol. The van der Waals surface area contributed by atoms with Crippen molar-refractivity contribution in [1.29, 1.82) is 0 Å². The summed E-state index contributed by atoms with van der Waals surface area (Å²) < 4.78 is 25.0. The van der Waals surface area contributed by atoms with E-state index in [1.807, 2.05) is 0 Å². The van der Waals surface area contributed by atoms with Crippen LogP contribution in [0.3, 0.4) is 0 Å². The second-order valence-corrected chi connectivity index (χ2v) is 5.42. The van der Waals surface area contributed by atoms with E-state index in [1.54, 1.807) is 0 Å². The van der Waals surface area contributed by atoms with Gasteiger partial charge in [-0.3, -0.25) is 9.59 Å². The fourth-order valence-corrected chi connectivity index (χ4v) is 1.95. The van der Waals surface area contributed by atoms with Gasteiger partial charge in [-0.2, -0.15) is 0 Å². The van der Waals surface area contributed by atoms with Gasteiger partial charge < -0.3 is 4.74 Å². The van der Waals surface area contributed by atoms with Crippen molar-refractivity contribution >= 4 is 11.9 Å². The molecule has 0 unspecified atom stereocenters. The van der Waals surface area contributed by atoms with Crippen LogP contribution in [-0.4, -0.2) is 25.2 Å². The summed E-state index contributed by atoms with van der Waals surface area (Å²) in [5.41, 5.74) is 0. The van der Waals surface area contributed by atoms with E-state index in [4.69, 9.17) is 6.64 Å². The van der Waals surface area contributed by atoms with Gasteiger partial charge in [-0.15, -0.1) is 0 Å². The molecule has 0 aliphatic carbocycles. The van der Waals surface area contributed by atoms with E-state index in [2.05, 4.69) is 18.6 Å². The molecular weight excluding hydrogens is 288 g/mol. The molecule has 0 saturated carbocycles. The summed E-state index contributed by atoms with van der Waals surface area (Å²) in [4.78, 5) is 19.6. The molecule has 0 aromatic rings. The number of hydrogen-bond donors (Lipinski definition) is 0. The average Bonchev–Trinajstić information content (AvgIpc) is 2.28. The van der Waals surface area contributed by atoms with E-state index < -0.39 is 30.6 Å². The van der Waals surface area contributed by atoms with Crippen molar-refractivity contribution in [3.05, 3.63) is 0 Å². The van der Waals surface area contributed by atoms with Crippen molar-refractivity contribution in [2.75, 3.05) is 13.2 Å². The van der Waals surface area contributed by atoms with Crippen molar-refractivity contribution in [2.24, 2.45) is 0 Å². The molecule has 7 heteroatoms. The van der Waals surface area contributed by atoms with E-state index in [0.29, 0.717) is 13.2 Å². The van der Waals surface area contributed by atoms with Crippen LogP contribution >= 0.6 is 0 Å². The van der Waals surface area contributed by atoms with Gasteiger partial charge in [0.1, 0.15) is 0 Å². The molecule has 6 nitrogen and oxygen atoms in total. The summed E-state index contributed by atoms with van der Waals surface area (Å²) in [5.74, 6) is -1.12. The fourth-order valence-electron chi connectivity index (χ4n) is 0.844. The Morgan fingerprint density at radius 3 is 1.47 bits per heavy atom. The molecule has 112 valence electrons. The Morgan fingerprint density at radius 2 is 1.26 bits per heavy atom. The summed E-state index contributed by atoms with van der Waals surface area (Å²) in [6.45, 7) is 7.68. The number of carbonyl (C=O) groups excluding carboxylic acids is 2. The van der Waals surface area contributed by atoms with Gasteiger partial charge in [0.2, 0.25) is 0 Å². The van der Waals surface area contributed by atoms with E-state index in [0.717, 1.165) is 25.7 Å². The summed E-state index contributed by atoms with van der Waals surface area (Å²) in [7, 11) is 0. The van der Waals surface area contributed by atoms with Crippen molar-refractivity contribution in [3.8, 4) is 0 Å². The van der Waals surface area contributed by atoms with Crippen LogP contribution in [-0.2, 0) is 42.9 Å². The Labute approximate surface area is 121 Å². The summed E-state index contributed by atoms with van der Waals surface area (Å²) in [6.07, 6.45) is 4.08. The number of hydrogen-bond acceptors (Lipinski definition) is 6. The summed E-state index contributed by atoms with van der Waals surface area (Å²) in [5, 5.41) is 0. The van der Waals surface area contributed by atoms with Crippen molar-refractivity contribution in [2.45, 2.75) is 53.4 Å². The summed E-state index contributed by atoms with van der Waals surface area (Å²) in [6, 6.07) is 0. The van der Waals surface area contributed by atoms with Crippen LogP contribution in [0.4, 0.5) is 0 Å². The zero-order chi connectivity index (χ0) is 15.1. The van der Waals surface area contributed by atoms with Gasteiger partial charge in [0.05, 0.1) is 0 Å². The van der Waals surface area contributed by atoms with Crippen molar-refractivity contribution in [3.63, 3.8) is 0 Å². The monoisotopic (exact) mass is 312 g/mol. The number of unbranched alkanes of at least 4 members (excludes halogenated alkanes) is 2. The molecule has 0 rings (SSSR count). The molecule has 0 N–H and O–H groups in total. The Kier molecular flexibility index (Phi) is 17.2. The van der Waals surface area contributed by atoms with Gasteiger partial charge in [-0.1, -0.05) is 0 Å². The van der Waals surface area contributed by atoms with Gasteiger partial charge in [0, 0.05) is 13.8 Å². The first kappa shape index (κ1) is 20.9. The number of esters is 2. The number of ether oxygens (including phenoxy) is 1. The molecule has 0 atom stereocenters. The molecule has 0 heterocycles. The van der Waals surface area contributed by atoms with E-state index >= 15 is 0 Å². The number of carbonyl (C=O) groups is 2. The predicted octanol–water partition coefficient (Wildman–Crippen LogP) is 2.51. The zero-order valence-electron chi connectivity index (χ0n) is 12.2. The van der Waals surface area contributed by atoms with Crippen LogP contribution in [0.5, 0.6) is 0 Å². The SMILES string of the molecule is CC(=O)OC(C)=O.CCCC[O][Ti](=[O])[O]CCCC. The molecule has 0 fully saturated rings. The molecule has 0 aromatic carbocycles. The maximum atomic E-state index is 11.0. The van der Waals surface area contributed by atoms with Crippen LogP contribution < -0.4 is 0 Å². The van der Waals surface area contributed by atoms with Crippen LogP contribution in [0.1, 0.15) is 53.4 Å². The third-order valence-electron chi connectivity index (χ3n) is 1.72. The van der Waals surface area contributed by atoms with Crippen molar-refractivity contribution in [1.82, 2.24) is 0 Å². The molecule has 0 aliphatic rings. The number of rotatable bonds is 8. The molecule has 0 radical (unpaired) electrons. The van der Waals surface area contributed by atoms with E-state index in [-0.39, 0.29) is 0 Å². The molecule has 0 saturated heterocycles. The Hall–Kier alpha value is -0.426. The first-order valence-electron chi connectivity index (χ1n) is 6.42. The minimum absolute atomic E-state index is 0.562. The van der Waals surface area contributed by atoms with Crippen LogP contribution in [0, 0.1) is 0 Å². The topological polar surface area (TPSA) is 78.9 Å². The quantitative estimate of drug-likeness (QED) is 0.296. The zero-order valence-corrected chi connectivity index (χ0v) is 13.8. The first-order chi connectivity index (χ1) is 8.93. The normalized spacial score (nSPS) is 9.26. The third kappa shape index (κ3) is 23.1. The van der Waals surface area contributed by atoms with Gasteiger partial charge in [-0.05, 0) is 0 Å². The maximum absolute atomic E-state index is 11.0. The average molecular weight is 312 g/mol. The minimum atomic E-state index is -2.76. The third-order valence-corrected chi connectivity index (χ3v) is 3.10. The van der Waals surface area contributed by atoms with Crippen LogP contribution in [0.2, 0.25) is 0 Å².